The number of ether oxygens (including phenoxy) is 1. The molecule has 20 heavy (non-hydrogen) atoms. The second-order valence-corrected chi connectivity index (χ2v) is 5.60. The van der Waals surface area contributed by atoms with Gasteiger partial charge in [0.15, 0.2) is 0 Å². The predicted molar refractivity (Wildman–Crippen MR) is 78.3 cm³/mol. The molecule has 0 aromatic heterocycles. The Morgan fingerprint density at radius 2 is 2.20 bits per heavy atom. The number of rotatable bonds is 6. The molecule has 0 aliphatic carbocycles. The number of para-hydroxylation sites is 1. The number of amides is 1. The van der Waals surface area contributed by atoms with Gasteiger partial charge >= 0.3 is 5.97 Å². The Labute approximate surface area is 121 Å². The molecular weight excluding hydrogens is 278 g/mol. The van der Waals surface area contributed by atoms with Gasteiger partial charge in [-0.25, -0.2) is 4.79 Å². The van der Waals surface area contributed by atoms with Crippen molar-refractivity contribution in [3.63, 3.8) is 0 Å². The molecule has 5 nitrogen and oxygen atoms in total. The first-order chi connectivity index (χ1) is 9.65. The number of carbonyl (C=O) groups is 2. The number of hydrogen-bond acceptors (Lipinski definition) is 4. The number of carboxylic acid groups (broad SMARTS) is 1. The molecule has 1 atom stereocenters. The molecule has 1 aromatic rings. The molecule has 0 saturated carbocycles. The standard InChI is InChI=1S/C14H17NO4S/c1-19-6-7-20-9-13(16)15-11-5-3-2-4-10(11)8-12(15)14(17)18/h2-5,12H,6-9H2,1H3,(H,17,18)/t12-/m0/s1. The van der Waals surface area contributed by atoms with Crippen molar-refractivity contribution < 1.29 is 19.4 Å². The lowest BCUT2D eigenvalue weighted by Gasteiger charge is -2.22. The summed E-state index contributed by atoms with van der Waals surface area (Å²) in [6.45, 7) is 0.580. The number of thioether (sulfide) groups is 1. The smallest absolute Gasteiger partial charge is 0.327 e. The summed E-state index contributed by atoms with van der Waals surface area (Å²) in [5, 5.41) is 9.29. The lowest BCUT2D eigenvalue weighted by Crippen LogP contribution is -2.43. The van der Waals surface area contributed by atoms with Crippen LogP contribution in [0.15, 0.2) is 24.3 Å². The Balaban J connectivity index is 2.10. The van der Waals surface area contributed by atoms with Crippen molar-refractivity contribution >= 4 is 29.3 Å². The molecule has 6 heteroatoms. The quantitative estimate of drug-likeness (QED) is 0.804. The van der Waals surface area contributed by atoms with E-state index >= 15 is 0 Å². The normalized spacial score (nSPS) is 17.1. The van der Waals surface area contributed by atoms with E-state index in [9.17, 15) is 14.7 Å². The summed E-state index contributed by atoms with van der Waals surface area (Å²) in [5.41, 5.74) is 1.63. The van der Waals surface area contributed by atoms with Crippen LogP contribution in [0.2, 0.25) is 0 Å². The fraction of sp³-hybridized carbons (Fsp3) is 0.429. The predicted octanol–water partition coefficient (Wildman–Crippen LogP) is 1.41. The molecule has 108 valence electrons. The van der Waals surface area contributed by atoms with Crippen molar-refractivity contribution in [2.45, 2.75) is 12.5 Å². The molecule has 0 unspecified atom stereocenters. The van der Waals surface area contributed by atoms with Crippen LogP contribution in [0.25, 0.3) is 0 Å². The zero-order chi connectivity index (χ0) is 14.5. The number of carboxylic acids is 1. The van der Waals surface area contributed by atoms with Crippen LogP contribution in [0, 0.1) is 0 Å². The van der Waals surface area contributed by atoms with Gasteiger partial charge < -0.3 is 9.84 Å². The Morgan fingerprint density at radius 3 is 2.90 bits per heavy atom. The maximum absolute atomic E-state index is 12.3. The number of nitrogens with zero attached hydrogens (tertiary/aromatic N) is 1. The van der Waals surface area contributed by atoms with Crippen LogP contribution in [-0.4, -0.2) is 48.2 Å². The van der Waals surface area contributed by atoms with Gasteiger partial charge in [-0.05, 0) is 11.6 Å². The van der Waals surface area contributed by atoms with Crippen LogP contribution in [0.4, 0.5) is 5.69 Å². The van der Waals surface area contributed by atoms with E-state index in [2.05, 4.69) is 0 Å². The van der Waals surface area contributed by atoms with Crippen molar-refractivity contribution in [1.29, 1.82) is 0 Å². The monoisotopic (exact) mass is 295 g/mol. The maximum atomic E-state index is 12.3. The van der Waals surface area contributed by atoms with Crippen LogP contribution in [0.5, 0.6) is 0 Å². The Hall–Kier alpha value is -1.53. The van der Waals surface area contributed by atoms with Gasteiger partial charge in [-0.2, -0.15) is 0 Å². The van der Waals surface area contributed by atoms with Gasteiger partial charge in [0.25, 0.3) is 0 Å². The highest BCUT2D eigenvalue weighted by Crippen LogP contribution is 2.32. The van der Waals surface area contributed by atoms with E-state index in [1.807, 2.05) is 18.2 Å². The third-order valence-corrected chi connectivity index (χ3v) is 4.09. The molecular formula is C14H17NO4S. The number of anilines is 1. The van der Waals surface area contributed by atoms with Gasteiger partial charge in [-0.3, -0.25) is 9.69 Å². The lowest BCUT2D eigenvalue weighted by molar-refractivity contribution is -0.139. The SMILES string of the molecule is COCCSCC(=O)N1c2ccccc2C[C@H]1C(=O)O. The minimum absolute atomic E-state index is 0.163. The first-order valence-electron chi connectivity index (χ1n) is 6.34. The van der Waals surface area contributed by atoms with Gasteiger partial charge in [-0.15, -0.1) is 11.8 Å². The highest BCUT2D eigenvalue weighted by Gasteiger charge is 2.37. The molecule has 1 N–H and O–H groups in total. The third-order valence-electron chi connectivity index (χ3n) is 3.19. The fourth-order valence-electron chi connectivity index (χ4n) is 2.26. The van der Waals surface area contributed by atoms with E-state index in [1.165, 1.54) is 16.7 Å². The minimum atomic E-state index is -0.962. The number of aliphatic carboxylic acids is 1. The Morgan fingerprint density at radius 1 is 1.45 bits per heavy atom. The molecule has 1 aliphatic heterocycles. The van der Waals surface area contributed by atoms with E-state index in [4.69, 9.17) is 4.74 Å². The molecule has 1 aromatic carbocycles. The summed E-state index contributed by atoms with van der Waals surface area (Å²) in [4.78, 5) is 25.0. The molecule has 2 rings (SSSR count). The summed E-state index contributed by atoms with van der Waals surface area (Å²) < 4.78 is 4.92. The third kappa shape index (κ3) is 3.13. The van der Waals surface area contributed by atoms with Crippen molar-refractivity contribution in [1.82, 2.24) is 0 Å². The highest BCUT2D eigenvalue weighted by atomic mass is 32.2. The molecule has 1 heterocycles. The number of carbonyl (C=O) groups excluding carboxylic acids is 1. The molecule has 1 amide bonds. The van der Waals surface area contributed by atoms with Crippen molar-refractivity contribution in [3.8, 4) is 0 Å². The maximum Gasteiger partial charge on any atom is 0.327 e. The van der Waals surface area contributed by atoms with Gasteiger partial charge in [0, 0.05) is 25.0 Å². The number of hydrogen-bond donors (Lipinski definition) is 1. The largest absolute Gasteiger partial charge is 0.480 e. The van der Waals surface area contributed by atoms with Crippen molar-refractivity contribution in [3.05, 3.63) is 29.8 Å². The number of methoxy groups -OCH3 is 1. The van der Waals surface area contributed by atoms with E-state index in [0.29, 0.717) is 13.0 Å². The highest BCUT2D eigenvalue weighted by molar-refractivity contribution is 7.99. The summed E-state index contributed by atoms with van der Waals surface area (Å²) in [7, 11) is 1.61. The Bertz CT molecular complexity index is 506. The van der Waals surface area contributed by atoms with Crippen LogP contribution in [0.3, 0.4) is 0 Å². The van der Waals surface area contributed by atoms with Gasteiger partial charge in [-0.1, -0.05) is 18.2 Å². The summed E-state index contributed by atoms with van der Waals surface area (Å²) in [5.74, 6) is -0.142. The minimum Gasteiger partial charge on any atom is -0.480 e. The molecule has 0 bridgehead atoms. The first kappa shape index (κ1) is 14.9. The number of benzene rings is 1. The zero-order valence-corrected chi connectivity index (χ0v) is 12.1. The fourth-order valence-corrected chi connectivity index (χ4v) is 3.01. The van der Waals surface area contributed by atoms with E-state index in [1.54, 1.807) is 13.2 Å². The Kier molecular flexibility index (Phi) is 5.03. The van der Waals surface area contributed by atoms with Crippen LogP contribution in [0.1, 0.15) is 5.56 Å². The van der Waals surface area contributed by atoms with Crippen molar-refractivity contribution in [2.75, 3.05) is 30.1 Å². The average molecular weight is 295 g/mol. The van der Waals surface area contributed by atoms with Crippen LogP contribution < -0.4 is 4.90 Å². The van der Waals surface area contributed by atoms with Crippen LogP contribution >= 0.6 is 11.8 Å². The number of fused-ring (bicyclic) bond motifs is 1. The van der Waals surface area contributed by atoms with E-state index in [-0.39, 0.29) is 11.7 Å². The molecule has 0 spiro atoms. The first-order valence-corrected chi connectivity index (χ1v) is 7.50. The summed E-state index contributed by atoms with van der Waals surface area (Å²) in [6, 6.07) is 6.57. The van der Waals surface area contributed by atoms with Gasteiger partial charge in [0.1, 0.15) is 6.04 Å². The summed E-state index contributed by atoms with van der Waals surface area (Å²) >= 11 is 1.45. The second-order valence-electron chi connectivity index (χ2n) is 4.50. The summed E-state index contributed by atoms with van der Waals surface area (Å²) in [6.07, 6.45) is 0.375. The molecule has 0 fully saturated rings. The molecule has 0 saturated heterocycles. The van der Waals surface area contributed by atoms with E-state index in [0.717, 1.165) is 17.0 Å². The zero-order valence-electron chi connectivity index (χ0n) is 11.2. The van der Waals surface area contributed by atoms with Crippen LogP contribution in [-0.2, 0) is 20.7 Å². The molecule has 0 radical (unpaired) electrons. The lowest BCUT2D eigenvalue weighted by atomic mass is 10.1. The topological polar surface area (TPSA) is 66.8 Å². The average Bonchev–Trinajstić information content (AvgIpc) is 2.83. The molecule has 1 aliphatic rings. The van der Waals surface area contributed by atoms with Gasteiger partial charge in [0.2, 0.25) is 5.91 Å². The van der Waals surface area contributed by atoms with E-state index < -0.39 is 12.0 Å². The van der Waals surface area contributed by atoms with Crippen molar-refractivity contribution in [2.24, 2.45) is 0 Å². The second kappa shape index (κ2) is 6.76. The van der Waals surface area contributed by atoms with Gasteiger partial charge in [0.05, 0.1) is 12.4 Å².